The average molecular weight is 1210 g/mol. The zero-order valence-corrected chi connectivity index (χ0v) is 49.8. The Morgan fingerprint density at radius 1 is 0.483 bits per heavy atom. The van der Waals surface area contributed by atoms with Crippen molar-refractivity contribution < 1.29 is 41.8 Å². The number of H-pyrrole nitrogens is 1. The number of aromatic amines is 1. The number of imidazole rings is 2. The molecule has 3 saturated heterocycles. The lowest BCUT2D eigenvalue weighted by molar-refractivity contribution is 0.138. The Kier molecular flexibility index (Phi) is 15.7. The van der Waals surface area contributed by atoms with Gasteiger partial charge in [0.1, 0.15) is 35.8 Å². The topological polar surface area (TPSA) is 188 Å². The molecule has 6 aromatic carbocycles. The van der Waals surface area contributed by atoms with E-state index in [9.17, 15) is 27.6 Å². The van der Waals surface area contributed by atoms with Gasteiger partial charge in [-0.05, 0) is 153 Å². The number of aryl methyl sites for hydroxylation is 2. The van der Waals surface area contributed by atoms with Gasteiger partial charge in [-0.3, -0.25) is 14.7 Å². The van der Waals surface area contributed by atoms with Crippen LogP contribution in [0, 0.1) is 17.5 Å². The number of hydrogen-bond donors (Lipinski definition) is 1. The first-order chi connectivity index (χ1) is 43.2. The van der Waals surface area contributed by atoms with Crippen LogP contribution in [0.5, 0.6) is 0 Å². The van der Waals surface area contributed by atoms with Crippen LogP contribution in [-0.2, 0) is 67.6 Å². The molecular weight excluding hydrogens is 1140 g/mol. The lowest BCUT2D eigenvalue weighted by Gasteiger charge is -2.16. The molecule has 0 saturated carbocycles. The molecule has 23 heteroatoms. The van der Waals surface area contributed by atoms with Crippen molar-refractivity contribution in [2.45, 2.75) is 97.6 Å². The zero-order chi connectivity index (χ0) is 61.6. The molecule has 20 nitrogen and oxygen atoms in total. The molecule has 9 heterocycles. The number of carbonyl (C=O) groups excluding carboxylic acids is 3. The summed E-state index contributed by atoms with van der Waals surface area (Å²) in [6.45, 7) is 11.7. The third kappa shape index (κ3) is 11.5. The minimum absolute atomic E-state index is 0.140. The summed E-state index contributed by atoms with van der Waals surface area (Å²) in [6, 6.07) is 32.8. The Balaban J connectivity index is 0.000000123. The van der Waals surface area contributed by atoms with Gasteiger partial charge in [0.25, 0.3) is 0 Å². The van der Waals surface area contributed by atoms with Gasteiger partial charge in [-0.25, -0.2) is 42.2 Å². The minimum atomic E-state index is -0.426. The van der Waals surface area contributed by atoms with Gasteiger partial charge < -0.3 is 38.5 Å². The highest BCUT2D eigenvalue weighted by molar-refractivity contribution is 5.92. The van der Waals surface area contributed by atoms with Crippen LogP contribution in [0.15, 0.2) is 134 Å². The van der Waals surface area contributed by atoms with Crippen molar-refractivity contribution in [1.82, 2.24) is 39.7 Å². The number of carbonyl (C=O) groups is 3. The van der Waals surface area contributed by atoms with Crippen LogP contribution in [0.1, 0.15) is 73.4 Å². The Hall–Kier alpha value is -10.2. The molecular formula is C66H65F3N14O6. The Bertz CT molecular complexity index is 3980. The Morgan fingerprint density at radius 2 is 0.888 bits per heavy atom. The lowest BCUT2D eigenvalue weighted by Crippen LogP contribution is -2.24. The first-order valence-electron chi connectivity index (χ1n) is 29.8. The van der Waals surface area contributed by atoms with Crippen molar-refractivity contribution in [2.75, 3.05) is 49.0 Å². The fraction of sp³-hybridized carbons (Fsp3) is 0.303. The van der Waals surface area contributed by atoms with Crippen LogP contribution >= 0.6 is 0 Å². The monoisotopic (exact) mass is 1210 g/mol. The van der Waals surface area contributed by atoms with Crippen molar-refractivity contribution in [3.63, 3.8) is 0 Å². The highest BCUT2D eigenvalue weighted by Gasteiger charge is 2.35. The molecule has 3 atom stereocenters. The molecule has 0 radical (unpaired) electrons. The van der Waals surface area contributed by atoms with Crippen LogP contribution in [0.2, 0.25) is 0 Å². The van der Waals surface area contributed by atoms with Gasteiger partial charge in [-0.2, -0.15) is 0 Å². The van der Waals surface area contributed by atoms with Gasteiger partial charge in [0.15, 0.2) is 0 Å². The number of rotatable bonds is 12. The maximum absolute atomic E-state index is 15.0. The lowest BCUT2D eigenvalue weighted by atomic mass is 10.00. The number of tetrazole rings is 1. The van der Waals surface area contributed by atoms with E-state index >= 15 is 0 Å². The fourth-order valence-electron chi connectivity index (χ4n) is 12.3. The number of amides is 3. The Morgan fingerprint density at radius 3 is 1.24 bits per heavy atom. The zero-order valence-electron chi connectivity index (χ0n) is 49.8. The number of nitrogens with zero attached hydrogens (tertiary/aromatic N) is 13. The number of hydrogen-bond acceptors (Lipinski definition) is 14. The molecule has 1 N–H and O–H groups in total. The molecule has 3 fully saturated rings. The van der Waals surface area contributed by atoms with Gasteiger partial charge in [0, 0.05) is 94.8 Å². The summed E-state index contributed by atoms with van der Waals surface area (Å²) in [5.41, 5.74) is 12.6. The van der Waals surface area contributed by atoms with Gasteiger partial charge in [-0.1, -0.05) is 62.3 Å². The van der Waals surface area contributed by atoms with Crippen molar-refractivity contribution in [2.24, 2.45) is 14.1 Å². The molecule has 0 spiro atoms. The maximum Gasteiger partial charge on any atom is 0.414 e. The highest BCUT2D eigenvalue weighted by Crippen LogP contribution is 2.38. The molecule has 3 aromatic heterocycles. The first-order valence-corrected chi connectivity index (χ1v) is 29.8. The standard InChI is InChI=1S/C23H23FN4O2.C22H21FN4O2.C21H21FN6O2/c1-3-19-14-28(23(29)30-19)18-6-7-20(21(24)11-18)15-4-5-16-12-27(13-17(16)10-15)22-25-8-9-26(22)2;1-2-18-13-27(22(28)29-18)17-5-6-19(20(23)10-17)14-3-4-15-11-26(12-16(15)9-14)21-24-7-8-25-21;1-3-17-12-28(21(29)30-17)16-6-7-18(19(22)9-16)13-4-5-14-10-27(11-15(14)8-13)20-23-24-25-26(20)2/h4-11,19H,3,12-14H2,1-2H3;3-10,18H,2,11-13H2,1H3,(H,24,25);4-9,17H,3,10-12H2,1-2H3/t19-;18-;17-/m000/s1. The highest BCUT2D eigenvalue weighted by atomic mass is 19.1. The molecule has 15 rings (SSSR count). The third-order valence-electron chi connectivity index (χ3n) is 17.2. The van der Waals surface area contributed by atoms with E-state index in [1.807, 2.05) is 87.1 Å². The van der Waals surface area contributed by atoms with E-state index < -0.39 is 18.3 Å². The number of fused-ring (bicyclic) bond motifs is 3. The summed E-state index contributed by atoms with van der Waals surface area (Å²) in [4.78, 5) is 58.9. The van der Waals surface area contributed by atoms with Crippen molar-refractivity contribution in [3.8, 4) is 33.4 Å². The minimum Gasteiger partial charge on any atom is -0.444 e. The van der Waals surface area contributed by atoms with Crippen molar-refractivity contribution >= 4 is 53.2 Å². The van der Waals surface area contributed by atoms with Gasteiger partial charge >= 0.3 is 18.3 Å². The van der Waals surface area contributed by atoms with Crippen molar-refractivity contribution in [3.05, 3.63) is 185 Å². The summed E-state index contributed by atoms with van der Waals surface area (Å²) in [5, 5.41) is 11.6. The van der Waals surface area contributed by atoms with E-state index in [1.165, 1.54) is 55.2 Å². The molecule has 6 aliphatic rings. The largest absolute Gasteiger partial charge is 0.444 e. The summed E-state index contributed by atoms with van der Waals surface area (Å²) >= 11 is 0. The second kappa shape index (κ2) is 24.2. The van der Waals surface area contributed by atoms with E-state index in [-0.39, 0.29) is 35.8 Å². The number of anilines is 6. The van der Waals surface area contributed by atoms with E-state index in [4.69, 9.17) is 14.2 Å². The number of benzene rings is 6. The number of cyclic esters (lactones) is 3. The predicted octanol–water partition coefficient (Wildman–Crippen LogP) is 12.2. The third-order valence-corrected chi connectivity index (χ3v) is 17.2. The van der Waals surface area contributed by atoms with E-state index in [0.717, 1.165) is 85.2 Å². The smallest absolute Gasteiger partial charge is 0.414 e. The number of aromatic nitrogens is 8. The van der Waals surface area contributed by atoms with E-state index in [1.54, 1.807) is 66.7 Å². The second-order valence-electron chi connectivity index (χ2n) is 22.9. The van der Waals surface area contributed by atoms with Crippen LogP contribution in [-0.4, -0.2) is 96.0 Å². The predicted molar refractivity (Wildman–Crippen MR) is 329 cm³/mol. The van der Waals surface area contributed by atoms with E-state index in [0.29, 0.717) is 72.4 Å². The van der Waals surface area contributed by atoms with Crippen LogP contribution in [0.4, 0.5) is 62.5 Å². The SMILES string of the molecule is CC[C@H]1CN(c2ccc(-c3ccc4c(c3)CN(c3ncc[nH]3)C4)c(F)c2)C(=O)O1.CC[C@H]1CN(c2ccc(-c3ccc4c(c3)CN(c3nccn3C)C4)c(F)c2)C(=O)O1.CC[C@H]1CN(c2ccc(-c3ccc4c(c3)CN(c3nnnn3C)C4)c(F)c2)C(=O)O1. The molecule has 3 amide bonds. The first kappa shape index (κ1) is 57.9. The van der Waals surface area contributed by atoms with Crippen molar-refractivity contribution in [1.29, 1.82) is 0 Å². The number of ether oxygens (including phenoxy) is 3. The summed E-state index contributed by atoms with van der Waals surface area (Å²) in [5.74, 6) is 1.39. The summed E-state index contributed by atoms with van der Waals surface area (Å²) in [7, 11) is 3.78. The molecule has 0 unspecified atom stereocenters. The Labute approximate surface area is 511 Å². The van der Waals surface area contributed by atoms with Crippen LogP contribution in [0.3, 0.4) is 0 Å². The van der Waals surface area contributed by atoms with Crippen LogP contribution in [0.25, 0.3) is 33.4 Å². The van der Waals surface area contributed by atoms with Crippen LogP contribution < -0.4 is 29.4 Å². The number of nitrogens with one attached hydrogen (secondary N) is 1. The molecule has 6 aliphatic heterocycles. The summed E-state index contributed by atoms with van der Waals surface area (Å²) in [6.07, 6.45) is 7.80. The average Bonchev–Trinajstić information content (AvgIpc) is 3.35. The van der Waals surface area contributed by atoms with Gasteiger partial charge in [-0.15, -0.1) is 0 Å². The maximum atomic E-state index is 15.0. The number of halogens is 3. The quantitative estimate of drug-likeness (QED) is 0.114. The molecule has 9 aromatic rings. The fourth-order valence-corrected chi connectivity index (χ4v) is 12.3. The molecule has 0 aliphatic carbocycles. The normalized spacial score (nSPS) is 18.2. The second-order valence-corrected chi connectivity index (χ2v) is 22.9. The molecule has 89 heavy (non-hydrogen) atoms. The van der Waals surface area contributed by atoms with Gasteiger partial charge in [0.2, 0.25) is 17.8 Å². The summed E-state index contributed by atoms with van der Waals surface area (Å²) < 4.78 is 64.4. The molecule has 456 valence electrons. The van der Waals surface area contributed by atoms with E-state index in [2.05, 4.69) is 51.2 Å². The van der Waals surface area contributed by atoms with Gasteiger partial charge in [0.05, 0.1) is 36.7 Å². The molecule has 0 bridgehead atoms.